The van der Waals surface area contributed by atoms with Gasteiger partial charge >= 0.3 is 0 Å². The minimum Gasteiger partial charge on any atom is -0.194 e. The second-order valence-corrected chi connectivity index (χ2v) is 3.55. The topological polar surface area (TPSA) is 47.6 Å². The molecule has 0 amide bonds. The van der Waals surface area contributed by atoms with Gasteiger partial charge in [-0.3, -0.25) is 0 Å². The van der Waals surface area contributed by atoms with Gasteiger partial charge in [0.2, 0.25) is 0 Å². The largest absolute Gasteiger partial charge is 0.194 e. The van der Waals surface area contributed by atoms with E-state index < -0.39 is 0 Å². The van der Waals surface area contributed by atoms with Gasteiger partial charge in [-0.2, -0.15) is 14.9 Å². The molecule has 1 aromatic carbocycles. The summed E-state index contributed by atoms with van der Waals surface area (Å²) in [5, 5.41) is 19.8. The number of thiophene rings is 1. The number of benzene rings is 1. The average molecular weight is 202 g/mol. The van der Waals surface area contributed by atoms with Gasteiger partial charge in [-0.15, -0.1) is 11.3 Å². The highest BCUT2D eigenvalue weighted by Gasteiger charge is 2.08. The standard InChI is InChI=1S/C10H3FN2S/c11-10-9-2-7(4-13)6(3-12)1-8(9)5-14-10/h1-2,5H. The first-order valence-corrected chi connectivity index (χ1v) is 4.65. The maximum atomic E-state index is 13.1. The van der Waals surface area contributed by atoms with E-state index in [1.807, 2.05) is 12.1 Å². The van der Waals surface area contributed by atoms with E-state index in [0.717, 1.165) is 11.3 Å². The highest BCUT2D eigenvalue weighted by molar-refractivity contribution is 7.09. The molecule has 2 rings (SSSR count). The summed E-state index contributed by atoms with van der Waals surface area (Å²) in [7, 11) is 0. The summed E-state index contributed by atoms with van der Waals surface area (Å²) < 4.78 is 13.1. The molecule has 0 aliphatic heterocycles. The number of rotatable bonds is 0. The lowest BCUT2D eigenvalue weighted by Crippen LogP contribution is -1.83. The maximum absolute atomic E-state index is 13.1. The Labute approximate surface area is 83.4 Å². The molecule has 4 heteroatoms. The van der Waals surface area contributed by atoms with Crippen LogP contribution in [0.4, 0.5) is 4.39 Å². The normalized spacial score (nSPS) is 9.64. The van der Waals surface area contributed by atoms with Crippen LogP contribution in [0.1, 0.15) is 11.1 Å². The Kier molecular flexibility index (Phi) is 1.92. The highest BCUT2D eigenvalue weighted by atomic mass is 32.1. The number of hydrogen-bond donors (Lipinski definition) is 0. The third-order valence-corrected chi connectivity index (χ3v) is 2.73. The summed E-state index contributed by atoms with van der Waals surface area (Å²) >= 11 is 0.971. The van der Waals surface area contributed by atoms with Crippen LogP contribution in [0.5, 0.6) is 0 Å². The first kappa shape index (κ1) is 8.68. The van der Waals surface area contributed by atoms with Crippen molar-refractivity contribution in [1.29, 1.82) is 10.5 Å². The molecule has 0 atom stereocenters. The van der Waals surface area contributed by atoms with Crippen LogP contribution in [-0.2, 0) is 0 Å². The minimum absolute atomic E-state index is 0.220. The molecule has 0 radical (unpaired) electrons. The third kappa shape index (κ3) is 1.14. The predicted molar refractivity (Wildman–Crippen MR) is 51.2 cm³/mol. The van der Waals surface area contributed by atoms with E-state index in [4.69, 9.17) is 10.5 Å². The van der Waals surface area contributed by atoms with Gasteiger partial charge in [-0.25, -0.2) is 0 Å². The first-order chi connectivity index (χ1) is 6.76. The Morgan fingerprint density at radius 3 is 2.43 bits per heavy atom. The lowest BCUT2D eigenvalue weighted by molar-refractivity contribution is 0.668. The van der Waals surface area contributed by atoms with Crippen LogP contribution in [0.3, 0.4) is 0 Å². The first-order valence-electron chi connectivity index (χ1n) is 3.77. The van der Waals surface area contributed by atoms with E-state index >= 15 is 0 Å². The quantitative estimate of drug-likeness (QED) is 0.659. The summed E-state index contributed by atoms with van der Waals surface area (Å²) in [6.07, 6.45) is 0. The third-order valence-electron chi connectivity index (χ3n) is 1.93. The van der Waals surface area contributed by atoms with Crippen LogP contribution in [0.2, 0.25) is 0 Å². The van der Waals surface area contributed by atoms with Crippen molar-refractivity contribution < 1.29 is 4.39 Å². The second-order valence-electron chi connectivity index (χ2n) is 2.72. The molecule has 0 aliphatic carbocycles. The summed E-state index contributed by atoms with van der Waals surface area (Å²) in [6.45, 7) is 0. The predicted octanol–water partition coefficient (Wildman–Crippen LogP) is 2.78. The Balaban J connectivity index is 2.88. The molecule has 0 saturated heterocycles. The molecule has 66 valence electrons. The highest BCUT2D eigenvalue weighted by Crippen LogP contribution is 2.26. The number of nitrogens with zero attached hydrogens (tertiary/aromatic N) is 2. The Bertz CT molecular complexity index is 586. The van der Waals surface area contributed by atoms with Crippen molar-refractivity contribution >= 4 is 22.1 Å². The van der Waals surface area contributed by atoms with Crippen LogP contribution >= 0.6 is 11.3 Å². The SMILES string of the molecule is N#Cc1cc2csc(F)c2cc1C#N. The Hall–Kier alpha value is -1.91. The fraction of sp³-hybridized carbons (Fsp3) is 0. The molecule has 0 fully saturated rings. The van der Waals surface area contributed by atoms with Crippen molar-refractivity contribution in [3.05, 3.63) is 33.8 Å². The average Bonchev–Trinajstić information content (AvgIpc) is 2.58. The lowest BCUT2D eigenvalue weighted by atomic mass is 10.1. The van der Waals surface area contributed by atoms with Crippen molar-refractivity contribution in [3.8, 4) is 12.1 Å². The molecule has 0 N–H and O–H groups in total. The fourth-order valence-electron chi connectivity index (χ4n) is 1.25. The number of hydrogen-bond acceptors (Lipinski definition) is 3. The molecule has 0 bridgehead atoms. The van der Waals surface area contributed by atoms with Gasteiger partial charge in [0.05, 0.1) is 11.1 Å². The summed E-state index contributed by atoms with van der Waals surface area (Å²) in [6, 6.07) is 6.73. The fourth-order valence-corrected chi connectivity index (χ4v) is 1.98. The lowest BCUT2D eigenvalue weighted by Gasteiger charge is -1.94. The Morgan fingerprint density at radius 2 is 1.79 bits per heavy atom. The zero-order valence-corrected chi connectivity index (χ0v) is 7.73. The number of fused-ring (bicyclic) bond motifs is 1. The van der Waals surface area contributed by atoms with E-state index in [1.165, 1.54) is 12.1 Å². The van der Waals surface area contributed by atoms with Crippen molar-refractivity contribution in [2.45, 2.75) is 0 Å². The van der Waals surface area contributed by atoms with Crippen molar-refractivity contribution in [2.75, 3.05) is 0 Å². The maximum Gasteiger partial charge on any atom is 0.184 e. The molecule has 0 unspecified atom stereocenters. The summed E-state index contributed by atoms with van der Waals surface area (Å²) in [5.41, 5.74) is 0.509. The molecular weight excluding hydrogens is 199 g/mol. The van der Waals surface area contributed by atoms with Gasteiger partial charge in [0.1, 0.15) is 12.1 Å². The van der Waals surface area contributed by atoms with Crippen LogP contribution in [0.15, 0.2) is 17.5 Å². The van der Waals surface area contributed by atoms with Crippen LogP contribution < -0.4 is 0 Å². The second kappa shape index (κ2) is 3.10. The van der Waals surface area contributed by atoms with Crippen LogP contribution in [-0.4, -0.2) is 0 Å². The minimum atomic E-state index is -0.319. The van der Waals surface area contributed by atoms with Gasteiger partial charge in [-0.05, 0) is 17.5 Å². The van der Waals surface area contributed by atoms with Gasteiger partial charge < -0.3 is 0 Å². The van der Waals surface area contributed by atoms with Gasteiger partial charge in [0.15, 0.2) is 5.13 Å². The Morgan fingerprint density at radius 1 is 1.14 bits per heavy atom. The molecule has 0 aliphatic rings. The van der Waals surface area contributed by atoms with E-state index in [9.17, 15) is 4.39 Å². The zero-order chi connectivity index (χ0) is 10.1. The van der Waals surface area contributed by atoms with Crippen molar-refractivity contribution in [3.63, 3.8) is 0 Å². The van der Waals surface area contributed by atoms with E-state index in [1.54, 1.807) is 5.38 Å². The van der Waals surface area contributed by atoms with E-state index in [0.29, 0.717) is 10.8 Å². The van der Waals surface area contributed by atoms with E-state index in [-0.39, 0.29) is 16.3 Å². The molecule has 14 heavy (non-hydrogen) atoms. The molecule has 1 heterocycles. The monoisotopic (exact) mass is 202 g/mol. The molecule has 0 spiro atoms. The molecule has 2 aromatic rings. The zero-order valence-electron chi connectivity index (χ0n) is 6.91. The molecule has 2 nitrogen and oxygen atoms in total. The number of halogens is 1. The molecule has 0 saturated carbocycles. The summed E-state index contributed by atoms with van der Waals surface area (Å²) in [4.78, 5) is 0. The number of nitriles is 2. The van der Waals surface area contributed by atoms with Crippen LogP contribution in [0, 0.1) is 27.8 Å². The van der Waals surface area contributed by atoms with Crippen molar-refractivity contribution in [2.24, 2.45) is 0 Å². The van der Waals surface area contributed by atoms with E-state index in [2.05, 4.69) is 0 Å². The van der Waals surface area contributed by atoms with Gasteiger partial charge in [0, 0.05) is 10.8 Å². The van der Waals surface area contributed by atoms with Gasteiger partial charge in [0.25, 0.3) is 0 Å². The summed E-state index contributed by atoms with van der Waals surface area (Å²) in [5.74, 6) is 0. The van der Waals surface area contributed by atoms with Gasteiger partial charge in [-0.1, -0.05) is 0 Å². The van der Waals surface area contributed by atoms with Crippen LogP contribution in [0.25, 0.3) is 10.8 Å². The smallest absolute Gasteiger partial charge is 0.184 e. The van der Waals surface area contributed by atoms with Crippen molar-refractivity contribution in [1.82, 2.24) is 0 Å². The molecule has 1 aromatic heterocycles. The molecular formula is C10H3FN2S.